The molecule has 2 heterocycles. The maximum absolute atomic E-state index is 6.09. The molecule has 1 fully saturated rings. The lowest BCUT2D eigenvalue weighted by atomic mass is 10.1. The summed E-state index contributed by atoms with van der Waals surface area (Å²) in [6, 6.07) is 15.7. The number of fused-ring (bicyclic) bond motifs is 1. The normalized spacial score (nSPS) is 15.8. The van der Waals surface area contributed by atoms with Crippen LogP contribution >= 0.6 is 0 Å². The number of allylic oxidation sites excluding steroid dienone is 1. The molecule has 0 amide bonds. The minimum Gasteiger partial charge on any atom is -0.490 e. The van der Waals surface area contributed by atoms with Crippen LogP contribution in [-0.2, 0) is 11.2 Å². The molecule has 0 unspecified atom stereocenters. The average molecular weight is 415 g/mol. The Morgan fingerprint density at radius 1 is 1.03 bits per heavy atom. The van der Waals surface area contributed by atoms with Crippen LogP contribution in [0.5, 0.6) is 17.4 Å². The molecule has 1 N–H and O–H groups in total. The van der Waals surface area contributed by atoms with E-state index >= 15 is 0 Å². The van der Waals surface area contributed by atoms with Gasteiger partial charge in [-0.15, -0.1) is 0 Å². The average Bonchev–Trinajstić information content (AvgIpc) is 3.14. The van der Waals surface area contributed by atoms with Gasteiger partial charge >= 0.3 is 0 Å². The van der Waals surface area contributed by atoms with E-state index in [2.05, 4.69) is 40.4 Å². The van der Waals surface area contributed by atoms with Crippen LogP contribution in [0.1, 0.15) is 30.9 Å². The Balaban J connectivity index is 1.26. The highest BCUT2D eigenvalue weighted by Crippen LogP contribution is 2.30. The first-order chi connectivity index (χ1) is 15.2. The lowest BCUT2D eigenvalue weighted by molar-refractivity contribution is 0.0256. The highest BCUT2D eigenvalue weighted by Gasteiger charge is 2.15. The summed E-state index contributed by atoms with van der Waals surface area (Å²) < 4.78 is 17.5. The first-order valence-corrected chi connectivity index (χ1v) is 10.6. The van der Waals surface area contributed by atoms with Crippen LogP contribution < -0.4 is 14.8 Å². The number of rotatable bonds is 6. The highest BCUT2D eigenvalue weighted by atomic mass is 16.5. The number of hydrogen-bond donors (Lipinski definition) is 1. The van der Waals surface area contributed by atoms with Crippen molar-refractivity contribution in [3.63, 3.8) is 0 Å². The van der Waals surface area contributed by atoms with Crippen LogP contribution in [0.25, 0.3) is 6.08 Å². The van der Waals surface area contributed by atoms with Crippen LogP contribution in [0.2, 0.25) is 0 Å². The van der Waals surface area contributed by atoms with Gasteiger partial charge in [-0.1, -0.05) is 23.8 Å². The molecule has 0 atom stereocenters. The van der Waals surface area contributed by atoms with Gasteiger partial charge in [-0.05, 0) is 48.7 Å². The van der Waals surface area contributed by atoms with Crippen molar-refractivity contribution in [1.82, 2.24) is 9.97 Å². The largest absolute Gasteiger partial charge is 0.490 e. The van der Waals surface area contributed by atoms with Crippen molar-refractivity contribution in [2.24, 2.45) is 0 Å². The topological polar surface area (TPSA) is 65.5 Å². The SMILES string of the molecule is CC1=Cc2cc(Oc3ccnc(Nc4cccc(OC5CCOCC5)c4)n3)ccc2C1. The fourth-order valence-electron chi connectivity index (χ4n) is 3.89. The first kappa shape index (κ1) is 19.6. The zero-order valence-electron chi connectivity index (χ0n) is 17.5. The summed E-state index contributed by atoms with van der Waals surface area (Å²) in [5.41, 5.74) is 4.77. The van der Waals surface area contributed by atoms with Gasteiger partial charge in [0, 0.05) is 36.9 Å². The van der Waals surface area contributed by atoms with Crippen molar-refractivity contribution in [3.05, 3.63) is 71.4 Å². The number of nitrogens with one attached hydrogen (secondary N) is 1. The Morgan fingerprint density at radius 2 is 1.94 bits per heavy atom. The number of nitrogens with zero attached hydrogens (tertiary/aromatic N) is 2. The maximum Gasteiger partial charge on any atom is 0.230 e. The van der Waals surface area contributed by atoms with Gasteiger partial charge in [-0.25, -0.2) is 4.98 Å². The fourth-order valence-corrected chi connectivity index (χ4v) is 3.89. The summed E-state index contributed by atoms with van der Waals surface area (Å²) in [6.07, 6.45) is 6.92. The van der Waals surface area contributed by atoms with Gasteiger partial charge in [-0.2, -0.15) is 4.98 Å². The Hall–Kier alpha value is -3.38. The highest BCUT2D eigenvalue weighted by molar-refractivity contribution is 5.65. The van der Waals surface area contributed by atoms with E-state index in [1.807, 2.05) is 30.3 Å². The molecule has 1 aromatic heterocycles. The standard InChI is InChI=1S/C25H25N3O3/c1-17-13-18-5-6-23(15-19(18)14-17)31-24-7-10-26-25(28-24)27-20-3-2-4-22(16-20)30-21-8-11-29-12-9-21/h2-7,10,14-16,21H,8-9,11-13H2,1H3,(H,26,27,28). The minimum atomic E-state index is 0.197. The Bertz CT molecular complexity index is 1110. The quantitative estimate of drug-likeness (QED) is 0.571. The van der Waals surface area contributed by atoms with Gasteiger partial charge in [0.1, 0.15) is 17.6 Å². The molecule has 31 heavy (non-hydrogen) atoms. The van der Waals surface area contributed by atoms with E-state index in [4.69, 9.17) is 14.2 Å². The van der Waals surface area contributed by atoms with Gasteiger partial charge in [-0.3, -0.25) is 0 Å². The zero-order valence-corrected chi connectivity index (χ0v) is 17.5. The Labute approximate surface area is 181 Å². The van der Waals surface area contributed by atoms with Gasteiger partial charge in [0.15, 0.2) is 0 Å². The second-order valence-electron chi connectivity index (χ2n) is 7.93. The molecule has 6 heteroatoms. The van der Waals surface area contributed by atoms with Gasteiger partial charge in [0.25, 0.3) is 0 Å². The molecule has 0 radical (unpaired) electrons. The molecule has 6 nitrogen and oxygen atoms in total. The maximum atomic E-state index is 6.09. The van der Waals surface area contributed by atoms with Crippen LogP contribution in [0.3, 0.4) is 0 Å². The van der Waals surface area contributed by atoms with Crippen molar-refractivity contribution in [2.75, 3.05) is 18.5 Å². The van der Waals surface area contributed by atoms with E-state index in [-0.39, 0.29) is 6.10 Å². The monoisotopic (exact) mass is 415 g/mol. The summed E-state index contributed by atoms with van der Waals surface area (Å²) in [5.74, 6) is 2.55. The summed E-state index contributed by atoms with van der Waals surface area (Å²) in [7, 11) is 0. The first-order valence-electron chi connectivity index (χ1n) is 10.6. The molecule has 0 bridgehead atoms. The number of benzene rings is 2. The lowest BCUT2D eigenvalue weighted by Gasteiger charge is -2.23. The van der Waals surface area contributed by atoms with Gasteiger partial charge < -0.3 is 19.5 Å². The van der Waals surface area contributed by atoms with Crippen molar-refractivity contribution in [3.8, 4) is 17.4 Å². The van der Waals surface area contributed by atoms with E-state index in [9.17, 15) is 0 Å². The molecule has 0 spiro atoms. The molecule has 158 valence electrons. The van der Waals surface area contributed by atoms with Crippen LogP contribution in [0.4, 0.5) is 11.6 Å². The van der Waals surface area contributed by atoms with Crippen LogP contribution in [-0.4, -0.2) is 29.3 Å². The van der Waals surface area contributed by atoms with Gasteiger partial charge in [0.2, 0.25) is 11.8 Å². The predicted octanol–water partition coefficient (Wildman–Crippen LogP) is 5.53. The lowest BCUT2D eigenvalue weighted by Crippen LogP contribution is -2.25. The van der Waals surface area contributed by atoms with E-state index in [1.165, 1.54) is 16.7 Å². The number of aromatic nitrogens is 2. The Kier molecular flexibility index (Phi) is 5.54. The molecule has 1 aliphatic carbocycles. The van der Waals surface area contributed by atoms with Crippen LogP contribution in [0, 0.1) is 0 Å². The smallest absolute Gasteiger partial charge is 0.230 e. The molecule has 2 aliphatic rings. The third-order valence-electron chi connectivity index (χ3n) is 5.40. The number of hydrogen-bond acceptors (Lipinski definition) is 6. The van der Waals surface area contributed by atoms with Crippen molar-refractivity contribution >= 4 is 17.7 Å². The minimum absolute atomic E-state index is 0.197. The molecule has 1 saturated heterocycles. The van der Waals surface area contributed by atoms with E-state index in [1.54, 1.807) is 12.3 Å². The third-order valence-corrected chi connectivity index (χ3v) is 5.40. The van der Waals surface area contributed by atoms with Crippen molar-refractivity contribution < 1.29 is 14.2 Å². The predicted molar refractivity (Wildman–Crippen MR) is 120 cm³/mol. The molecule has 0 saturated carbocycles. The van der Waals surface area contributed by atoms with Crippen molar-refractivity contribution in [1.29, 1.82) is 0 Å². The molecular weight excluding hydrogens is 390 g/mol. The fraction of sp³-hybridized carbons (Fsp3) is 0.280. The van der Waals surface area contributed by atoms with E-state index in [0.717, 1.165) is 49.7 Å². The summed E-state index contributed by atoms with van der Waals surface area (Å²) in [6.45, 7) is 3.65. The molecule has 3 aromatic rings. The third kappa shape index (κ3) is 4.86. The van der Waals surface area contributed by atoms with Crippen molar-refractivity contribution in [2.45, 2.75) is 32.3 Å². The van der Waals surface area contributed by atoms with E-state index in [0.29, 0.717) is 11.8 Å². The molecule has 1 aliphatic heterocycles. The number of anilines is 2. The van der Waals surface area contributed by atoms with Crippen LogP contribution in [0.15, 0.2) is 60.3 Å². The molecule has 2 aromatic carbocycles. The van der Waals surface area contributed by atoms with Gasteiger partial charge in [0.05, 0.1) is 13.2 Å². The zero-order chi connectivity index (χ0) is 21.0. The molecular formula is C25H25N3O3. The second kappa shape index (κ2) is 8.78. The number of ether oxygens (including phenoxy) is 3. The second-order valence-corrected chi connectivity index (χ2v) is 7.93. The summed E-state index contributed by atoms with van der Waals surface area (Å²) in [4.78, 5) is 8.82. The molecule has 5 rings (SSSR count). The summed E-state index contributed by atoms with van der Waals surface area (Å²) >= 11 is 0. The van der Waals surface area contributed by atoms with E-state index < -0.39 is 0 Å². The Morgan fingerprint density at radius 3 is 2.84 bits per heavy atom. The summed E-state index contributed by atoms with van der Waals surface area (Å²) in [5, 5.41) is 3.24.